The van der Waals surface area contributed by atoms with Gasteiger partial charge in [0.1, 0.15) is 5.75 Å². The van der Waals surface area contributed by atoms with Gasteiger partial charge < -0.3 is 20.3 Å². The van der Waals surface area contributed by atoms with E-state index in [-0.39, 0.29) is 5.91 Å². The van der Waals surface area contributed by atoms with Crippen LogP contribution in [-0.4, -0.2) is 43.5 Å². The molecule has 2 N–H and O–H groups in total. The number of aliphatic imine (C=N–C) groups is 1. The van der Waals surface area contributed by atoms with Gasteiger partial charge in [-0.05, 0) is 49.4 Å². The van der Waals surface area contributed by atoms with Crippen molar-refractivity contribution in [3.05, 3.63) is 64.7 Å². The quantitative estimate of drug-likeness (QED) is 0.480. The Morgan fingerprint density at radius 3 is 2.74 bits per heavy atom. The minimum atomic E-state index is 0.257. The summed E-state index contributed by atoms with van der Waals surface area (Å²) in [6.07, 6.45) is 2.50. The molecule has 0 atom stereocenters. The van der Waals surface area contributed by atoms with E-state index in [1.54, 1.807) is 7.11 Å². The molecule has 0 bridgehead atoms. The number of amides is 1. The number of hydrogen-bond acceptors (Lipinski definition) is 3. The van der Waals surface area contributed by atoms with Crippen molar-refractivity contribution < 1.29 is 9.53 Å². The fraction of sp³-hybridized carbons (Fsp3) is 0.440. The van der Waals surface area contributed by atoms with Gasteiger partial charge in [-0.15, -0.1) is 0 Å². The molecule has 0 unspecified atom stereocenters. The van der Waals surface area contributed by atoms with E-state index in [0.29, 0.717) is 19.5 Å². The van der Waals surface area contributed by atoms with Crippen LogP contribution < -0.4 is 15.4 Å². The second-order valence-electron chi connectivity index (χ2n) is 7.93. The lowest BCUT2D eigenvalue weighted by Gasteiger charge is -2.16. The summed E-state index contributed by atoms with van der Waals surface area (Å²) < 4.78 is 5.48. The third kappa shape index (κ3) is 6.74. The first kappa shape index (κ1) is 22.7. The van der Waals surface area contributed by atoms with E-state index < -0.39 is 0 Å². The van der Waals surface area contributed by atoms with Crippen LogP contribution in [-0.2, 0) is 24.3 Å². The van der Waals surface area contributed by atoms with Gasteiger partial charge in [0.15, 0.2) is 5.96 Å². The predicted octanol–water partition coefficient (Wildman–Crippen LogP) is 3.42. The fourth-order valence-electron chi connectivity index (χ4n) is 3.85. The maximum atomic E-state index is 11.9. The van der Waals surface area contributed by atoms with Crippen LogP contribution in [0.25, 0.3) is 0 Å². The SMILES string of the molecule is CCNC(=NCc1cccc(CN2CCCC2=O)c1)NCCc1cc(C)ccc1OC. The summed E-state index contributed by atoms with van der Waals surface area (Å²) in [5.74, 6) is 1.98. The minimum absolute atomic E-state index is 0.257. The van der Waals surface area contributed by atoms with Crippen LogP contribution in [0.1, 0.15) is 42.0 Å². The Kier molecular flexibility index (Phi) is 8.33. The van der Waals surface area contributed by atoms with E-state index in [0.717, 1.165) is 55.3 Å². The van der Waals surface area contributed by atoms with Gasteiger partial charge >= 0.3 is 0 Å². The maximum Gasteiger partial charge on any atom is 0.222 e. The first-order chi connectivity index (χ1) is 15.1. The molecule has 2 aromatic carbocycles. The number of likely N-dealkylation sites (tertiary alicyclic amines) is 1. The van der Waals surface area contributed by atoms with Crippen molar-refractivity contribution in [3.63, 3.8) is 0 Å². The van der Waals surface area contributed by atoms with Crippen molar-refractivity contribution in [2.45, 2.75) is 46.2 Å². The van der Waals surface area contributed by atoms with Gasteiger partial charge in [0.25, 0.3) is 0 Å². The highest BCUT2D eigenvalue weighted by atomic mass is 16.5. The topological polar surface area (TPSA) is 66.0 Å². The first-order valence-electron chi connectivity index (χ1n) is 11.1. The number of carbonyl (C=O) groups is 1. The Morgan fingerprint density at radius 2 is 2.00 bits per heavy atom. The zero-order chi connectivity index (χ0) is 22.1. The van der Waals surface area contributed by atoms with E-state index in [2.05, 4.69) is 54.8 Å². The summed E-state index contributed by atoms with van der Waals surface area (Å²) >= 11 is 0. The lowest BCUT2D eigenvalue weighted by atomic mass is 10.1. The van der Waals surface area contributed by atoms with Gasteiger partial charge in [0, 0.05) is 32.6 Å². The number of hydrogen-bond donors (Lipinski definition) is 2. The smallest absolute Gasteiger partial charge is 0.222 e. The van der Waals surface area contributed by atoms with Gasteiger partial charge in [0.2, 0.25) is 5.91 Å². The number of nitrogens with zero attached hydrogens (tertiary/aromatic N) is 2. The van der Waals surface area contributed by atoms with E-state index >= 15 is 0 Å². The molecule has 1 aliphatic rings. The number of nitrogens with one attached hydrogen (secondary N) is 2. The summed E-state index contributed by atoms with van der Waals surface area (Å²) in [7, 11) is 1.71. The molecule has 1 aliphatic heterocycles. The third-order valence-corrected chi connectivity index (χ3v) is 5.42. The average Bonchev–Trinajstić information content (AvgIpc) is 3.17. The van der Waals surface area contributed by atoms with Crippen LogP contribution in [0.4, 0.5) is 0 Å². The molecular weight excluding hydrogens is 388 g/mol. The number of ether oxygens (including phenoxy) is 1. The van der Waals surface area contributed by atoms with Crippen molar-refractivity contribution in [2.24, 2.45) is 4.99 Å². The number of methoxy groups -OCH3 is 1. The van der Waals surface area contributed by atoms with Crippen LogP contribution >= 0.6 is 0 Å². The first-order valence-corrected chi connectivity index (χ1v) is 11.1. The maximum absolute atomic E-state index is 11.9. The van der Waals surface area contributed by atoms with Crippen molar-refractivity contribution >= 4 is 11.9 Å². The second kappa shape index (κ2) is 11.4. The fourth-order valence-corrected chi connectivity index (χ4v) is 3.85. The number of benzene rings is 2. The molecule has 2 aromatic rings. The summed E-state index contributed by atoms with van der Waals surface area (Å²) in [4.78, 5) is 18.6. The second-order valence-corrected chi connectivity index (χ2v) is 7.93. The Hall–Kier alpha value is -3.02. The normalized spacial score (nSPS) is 14.1. The molecule has 6 heteroatoms. The van der Waals surface area contributed by atoms with E-state index in [9.17, 15) is 4.79 Å². The highest BCUT2D eigenvalue weighted by Gasteiger charge is 2.19. The molecule has 1 saturated heterocycles. The van der Waals surface area contributed by atoms with Gasteiger partial charge in [0.05, 0.1) is 13.7 Å². The Morgan fingerprint density at radius 1 is 1.16 bits per heavy atom. The van der Waals surface area contributed by atoms with Crippen molar-refractivity contribution in [3.8, 4) is 5.75 Å². The Balaban J connectivity index is 1.57. The Bertz CT molecular complexity index is 910. The molecule has 3 rings (SSSR count). The molecule has 1 heterocycles. The highest BCUT2D eigenvalue weighted by Crippen LogP contribution is 2.20. The number of carbonyl (C=O) groups excluding carboxylic acids is 1. The van der Waals surface area contributed by atoms with Crippen molar-refractivity contribution in [1.29, 1.82) is 0 Å². The van der Waals surface area contributed by atoms with Crippen molar-refractivity contribution in [2.75, 3.05) is 26.7 Å². The predicted molar refractivity (Wildman–Crippen MR) is 125 cm³/mol. The van der Waals surface area contributed by atoms with E-state index in [1.807, 2.05) is 17.0 Å². The summed E-state index contributed by atoms with van der Waals surface area (Å²) in [5.41, 5.74) is 4.72. The van der Waals surface area contributed by atoms with Crippen LogP contribution in [0.5, 0.6) is 5.75 Å². The van der Waals surface area contributed by atoms with Gasteiger partial charge in [-0.3, -0.25) is 4.79 Å². The summed E-state index contributed by atoms with van der Waals surface area (Å²) in [5, 5.41) is 6.73. The molecule has 166 valence electrons. The molecule has 0 aromatic heterocycles. The lowest BCUT2D eigenvalue weighted by Crippen LogP contribution is -2.38. The molecule has 1 fully saturated rings. The number of rotatable bonds is 9. The monoisotopic (exact) mass is 422 g/mol. The Labute approximate surface area is 185 Å². The molecule has 6 nitrogen and oxygen atoms in total. The van der Waals surface area contributed by atoms with Crippen LogP contribution in [0.2, 0.25) is 0 Å². The largest absolute Gasteiger partial charge is 0.496 e. The van der Waals surface area contributed by atoms with Crippen LogP contribution in [0.3, 0.4) is 0 Å². The van der Waals surface area contributed by atoms with Crippen molar-refractivity contribution in [1.82, 2.24) is 15.5 Å². The average molecular weight is 423 g/mol. The zero-order valence-electron chi connectivity index (χ0n) is 18.9. The number of aryl methyl sites for hydroxylation is 1. The van der Waals surface area contributed by atoms with Crippen LogP contribution in [0.15, 0.2) is 47.5 Å². The molecule has 0 saturated carbocycles. The lowest BCUT2D eigenvalue weighted by molar-refractivity contribution is -0.128. The molecule has 31 heavy (non-hydrogen) atoms. The standard InChI is InChI=1S/C25H34N4O2/c1-4-26-25(27-13-12-22-15-19(2)10-11-23(22)31-3)28-17-20-7-5-8-21(16-20)18-29-14-6-9-24(29)30/h5,7-8,10-11,15-16H,4,6,9,12-14,17-18H2,1-3H3,(H2,26,27,28). The zero-order valence-corrected chi connectivity index (χ0v) is 18.9. The highest BCUT2D eigenvalue weighted by molar-refractivity contribution is 5.79. The summed E-state index contributed by atoms with van der Waals surface area (Å²) in [6.45, 7) is 7.86. The van der Waals surface area contributed by atoms with Gasteiger partial charge in [-0.1, -0.05) is 42.0 Å². The van der Waals surface area contributed by atoms with Gasteiger partial charge in [-0.2, -0.15) is 0 Å². The minimum Gasteiger partial charge on any atom is -0.496 e. The van der Waals surface area contributed by atoms with E-state index in [4.69, 9.17) is 9.73 Å². The third-order valence-electron chi connectivity index (χ3n) is 5.42. The number of guanidine groups is 1. The molecule has 0 aliphatic carbocycles. The van der Waals surface area contributed by atoms with Gasteiger partial charge in [-0.25, -0.2) is 4.99 Å². The molecule has 1 amide bonds. The van der Waals surface area contributed by atoms with Crippen LogP contribution in [0, 0.1) is 6.92 Å². The molecule has 0 spiro atoms. The summed E-state index contributed by atoms with van der Waals surface area (Å²) in [6, 6.07) is 14.6. The van der Waals surface area contributed by atoms with E-state index in [1.165, 1.54) is 11.1 Å². The molecule has 0 radical (unpaired) electrons. The molecular formula is C25H34N4O2.